The van der Waals surface area contributed by atoms with Gasteiger partial charge in [-0.25, -0.2) is 36.8 Å². The summed E-state index contributed by atoms with van der Waals surface area (Å²) < 4.78 is 130. The molecule has 6 aromatic heterocycles. The molecule has 6 aromatic rings. The molecule has 1 amide bonds. The second-order valence-electron chi connectivity index (χ2n) is 11.7. The van der Waals surface area contributed by atoms with Crippen molar-refractivity contribution >= 4 is 64.5 Å². The summed E-state index contributed by atoms with van der Waals surface area (Å²) in [5.41, 5.74) is 2.96. The van der Waals surface area contributed by atoms with Crippen LogP contribution in [0.15, 0.2) is 58.8 Å². The highest BCUT2D eigenvalue weighted by Crippen LogP contribution is 2.34. The molecule has 0 aliphatic heterocycles. The molecule has 0 aliphatic rings. The fourth-order valence-electron chi connectivity index (χ4n) is 5.16. The highest BCUT2D eigenvalue weighted by Gasteiger charge is 2.35. The first-order valence-electron chi connectivity index (χ1n) is 15.7. The van der Waals surface area contributed by atoms with Crippen LogP contribution in [0.3, 0.4) is 0 Å². The van der Waals surface area contributed by atoms with Crippen molar-refractivity contribution in [3.63, 3.8) is 0 Å². The lowest BCUT2D eigenvalue weighted by Crippen LogP contribution is -2.15. The lowest BCUT2D eigenvalue weighted by atomic mass is 10.2. The number of nitrogens with two attached hydrogens (primary N) is 1. The Kier molecular flexibility index (Phi) is 11.0. The van der Waals surface area contributed by atoms with Crippen molar-refractivity contribution in [1.82, 2.24) is 39.0 Å². The Hall–Kier alpha value is -5.55. The maximum atomic E-state index is 12.9. The number of rotatable bonds is 8. The SMILES string of the molecule is CCS(=O)(=O)c1cc(C(=O)Cl)cnc1-c1nc2cc(C(F)(F)F)ncc2n1C.CCS(=O)(=O)c1cc(C(N)=O)cnc1-c1nc2cc(C(F)(F)F)ncc2n1C. The number of halogens is 7. The van der Waals surface area contributed by atoms with E-state index in [4.69, 9.17) is 17.3 Å². The number of hydrogen-bond donors (Lipinski definition) is 1. The summed E-state index contributed by atoms with van der Waals surface area (Å²) in [4.78, 5) is 45.2. The van der Waals surface area contributed by atoms with Gasteiger partial charge in [-0.15, -0.1) is 0 Å². The maximum absolute atomic E-state index is 12.9. The van der Waals surface area contributed by atoms with E-state index in [0.717, 1.165) is 49.1 Å². The molecular formula is C32H26ClF6N9O6S2. The van der Waals surface area contributed by atoms with Gasteiger partial charge in [-0.2, -0.15) is 26.3 Å². The minimum Gasteiger partial charge on any atom is -0.366 e. The van der Waals surface area contributed by atoms with E-state index < -0.39 is 54.6 Å². The molecule has 0 saturated carbocycles. The van der Waals surface area contributed by atoms with Crippen LogP contribution in [-0.4, -0.2) is 78.5 Å². The topological polar surface area (TPSA) is 216 Å². The van der Waals surface area contributed by atoms with Crippen LogP contribution in [0, 0.1) is 0 Å². The van der Waals surface area contributed by atoms with Crippen molar-refractivity contribution in [2.24, 2.45) is 19.8 Å². The fraction of sp³-hybridized carbons (Fsp3) is 0.250. The number of hydrogen-bond acceptors (Lipinski definition) is 12. The molecule has 0 atom stereocenters. The summed E-state index contributed by atoms with van der Waals surface area (Å²) in [7, 11) is -4.70. The molecule has 24 heteroatoms. The van der Waals surface area contributed by atoms with Crippen LogP contribution in [0.25, 0.3) is 45.1 Å². The van der Waals surface area contributed by atoms with Crippen LogP contribution in [0.2, 0.25) is 0 Å². The smallest absolute Gasteiger partial charge is 0.366 e. The second-order valence-corrected chi connectivity index (χ2v) is 16.5. The van der Waals surface area contributed by atoms with Gasteiger partial charge < -0.3 is 14.9 Å². The third-order valence-corrected chi connectivity index (χ3v) is 11.9. The van der Waals surface area contributed by atoms with E-state index in [1.165, 1.54) is 37.1 Å². The Morgan fingerprint density at radius 2 is 1.04 bits per heavy atom. The van der Waals surface area contributed by atoms with Crippen LogP contribution in [0.4, 0.5) is 26.3 Å². The molecule has 0 fully saturated rings. The van der Waals surface area contributed by atoms with E-state index in [2.05, 4.69) is 29.9 Å². The van der Waals surface area contributed by atoms with Crippen LogP contribution < -0.4 is 5.73 Å². The Morgan fingerprint density at radius 1 is 0.661 bits per heavy atom. The number of aromatic nitrogens is 8. The number of pyridine rings is 4. The Balaban J connectivity index is 0.000000214. The average molecular weight is 846 g/mol. The van der Waals surface area contributed by atoms with Gasteiger partial charge >= 0.3 is 12.4 Å². The number of carbonyl (C=O) groups excluding carboxylic acids is 2. The standard InChI is InChI=1S/C16H12ClF3N4O3S.C16H14F3N5O3S/c1-3-28(26,27)11-4-8(14(17)25)6-22-13(11)15-23-9-5-12(16(18,19)20)21-7-10(9)24(15)2;1-3-28(26,27)11-4-8(14(20)25)6-22-13(11)15-23-9-5-12(16(17,18)19)21-7-10(9)24(15)2/h4-7H,3H2,1-2H3;4-7H,3H2,1-2H3,(H2,20,25). The molecule has 0 saturated heterocycles. The molecule has 0 unspecified atom stereocenters. The number of sulfone groups is 2. The monoisotopic (exact) mass is 845 g/mol. The van der Waals surface area contributed by atoms with Gasteiger partial charge in [0.25, 0.3) is 5.24 Å². The lowest BCUT2D eigenvalue weighted by Gasteiger charge is -2.10. The maximum Gasteiger partial charge on any atom is 0.433 e. The van der Waals surface area contributed by atoms with Gasteiger partial charge in [0.05, 0.1) is 66.9 Å². The van der Waals surface area contributed by atoms with Crippen molar-refractivity contribution in [2.75, 3.05) is 11.5 Å². The summed E-state index contributed by atoms with van der Waals surface area (Å²) in [6.45, 7) is 2.81. The molecule has 2 N–H and O–H groups in total. The highest BCUT2D eigenvalue weighted by molar-refractivity contribution is 7.91. The van der Waals surface area contributed by atoms with E-state index in [-0.39, 0.29) is 77.5 Å². The van der Waals surface area contributed by atoms with Crippen LogP contribution >= 0.6 is 11.6 Å². The number of nitrogens with zero attached hydrogens (tertiary/aromatic N) is 8. The Labute approximate surface area is 317 Å². The molecule has 56 heavy (non-hydrogen) atoms. The molecule has 0 bridgehead atoms. The molecule has 296 valence electrons. The summed E-state index contributed by atoms with van der Waals surface area (Å²) >= 11 is 5.41. The second kappa shape index (κ2) is 14.8. The van der Waals surface area contributed by atoms with Crippen LogP contribution in [0.1, 0.15) is 46.0 Å². The van der Waals surface area contributed by atoms with Crippen molar-refractivity contribution in [2.45, 2.75) is 36.0 Å². The molecule has 0 spiro atoms. The first-order valence-corrected chi connectivity index (χ1v) is 19.3. The molecule has 6 heterocycles. The Bertz CT molecular complexity index is 2600. The van der Waals surface area contributed by atoms with Gasteiger partial charge in [-0.3, -0.25) is 19.6 Å². The van der Waals surface area contributed by atoms with Crippen LogP contribution in [-0.2, 0) is 46.1 Å². The number of amides is 1. The van der Waals surface area contributed by atoms with Gasteiger partial charge in [-0.1, -0.05) is 13.8 Å². The summed E-state index contributed by atoms with van der Waals surface area (Å²) in [6.07, 6.45) is -5.13. The summed E-state index contributed by atoms with van der Waals surface area (Å²) in [6, 6.07) is 3.70. The normalized spacial score (nSPS) is 12.5. The van der Waals surface area contributed by atoms with E-state index in [1.807, 2.05) is 0 Å². The minimum atomic E-state index is -4.65. The number of imidazole rings is 2. The molecule has 6 rings (SSSR count). The summed E-state index contributed by atoms with van der Waals surface area (Å²) in [5.74, 6) is -1.41. The zero-order valence-corrected chi connectivity index (χ0v) is 31.5. The van der Waals surface area contributed by atoms with Crippen molar-refractivity contribution in [3.05, 3.63) is 71.6 Å². The first-order chi connectivity index (χ1) is 25.9. The number of aryl methyl sites for hydroxylation is 2. The van der Waals surface area contributed by atoms with Gasteiger partial charge in [0.15, 0.2) is 31.3 Å². The van der Waals surface area contributed by atoms with Crippen molar-refractivity contribution < 1.29 is 52.8 Å². The summed E-state index contributed by atoms with van der Waals surface area (Å²) in [5, 5.41) is -0.893. The van der Waals surface area contributed by atoms with E-state index in [1.54, 1.807) is 0 Å². The molecule has 15 nitrogen and oxygen atoms in total. The first kappa shape index (κ1) is 41.6. The van der Waals surface area contributed by atoms with Gasteiger partial charge in [-0.05, 0) is 35.9 Å². The number of fused-ring (bicyclic) bond motifs is 2. The zero-order chi connectivity index (χ0) is 41.7. The van der Waals surface area contributed by atoms with Gasteiger partial charge in [0, 0.05) is 26.5 Å². The highest BCUT2D eigenvalue weighted by atomic mass is 35.5. The largest absolute Gasteiger partial charge is 0.433 e. The van der Waals surface area contributed by atoms with Gasteiger partial charge in [0.1, 0.15) is 22.8 Å². The Morgan fingerprint density at radius 3 is 1.38 bits per heavy atom. The van der Waals surface area contributed by atoms with Crippen molar-refractivity contribution in [1.29, 1.82) is 0 Å². The van der Waals surface area contributed by atoms with E-state index in [0.29, 0.717) is 0 Å². The molecular weight excluding hydrogens is 820 g/mol. The molecule has 0 radical (unpaired) electrons. The quantitative estimate of drug-likeness (QED) is 0.155. The van der Waals surface area contributed by atoms with Crippen molar-refractivity contribution in [3.8, 4) is 23.0 Å². The number of alkyl halides is 6. The predicted octanol–water partition coefficient (Wildman–Crippen LogP) is 5.16. The van der Waals surface area contributed by atoms with Crippen LogP contribution in [0.5, 0.6) is 0 Å². The van der Waals surface area contributed by atoms with E-state index >= 15 is 0 Å². The fourth-order valence-corrected chi connectivity index (χ4v) is 7.38. The van der Waals surface area contributed by atoms with Gasteiger partial charge in [0.2, 0.25) is 5.91 Å². The zero-order valence-electron chi connectivity index (χ0n) is 29.1. The lowest BCUT2D eigenvalue weighted by molar-refractivity contribution is -0.141. The number of carbonyl (C=O) groups is 2. The van der Waals surface area contributed by atoms with E-state index in [9.17, 15) is 52.8 Å². The molecule has 0 aliphatic carbocycles. The predicted molar refractivity (Wildman–Crippen MR) is 188 cm³/mol. The number of primary amides is 1. The average Bonchev–Trinajstić information content (AvgIpc) is 3.65. The molecule has 0 aromatic carbocycles. The minimum absolute atomic E-state index is 0.0109. The third kappa shape index (κ3) is 8.04. The third-order valence-electron chi connectivity index (χ3n) is 8.19.